The lowest BCUT2D eigenvalue weighted by atomic mass is 9.87. The molecule has 1 aromatic carbocycles. The van der Waals surface area contributed by atoms with Gasteiger partial charge in [-0.3, -0.25) is 4.79 Å². The number of piperazine rings is 1. The highest BCUT2D eigenvalue weighted by molar-refractivity contribution is 7.89. The van der Waals surface area contributed by atoms with Crippen molar-refractivity contribution >= 4 is 15.9 Å². The summed E-state index contributed by atoms with van der Waals surface area (Å²) < 4.78 is 27.6. The Morgan fingerprint density at radius 2 is 1.54 bits per heavy atom. The molecule has 1 N–H and O–H groups in total. The number of nitrogens with one attached hydrogen (secondary N) is 1. The van der Waals surface area contributed by atoms with Gasteiger partial charge in [0, 0.05) is 13.1 Å². The molecule has 0 bridgehead atoms. The van der Waals surface area contributed by atoms with Crippen LogP contribution >= 0.6 is 0 Å². The summed E-state index contributed by atoms with van der Waals surface area (Å²) in [6.07, 6.45) is 2.18. The molecule has 28 heavy (non-hydrogen) atoms. The summed E-state index contributed by atoms with van der Waals surface area (Å²) in [6.45, 7) is 12.3. The largest absolute Gasteiger partial charge is 0.338 e. The van der Waals surface area contributed by atoms with Crippen LogP contribution in [0.1, 0.15) is 46.1 Å². The van der Waals surface area contributed by atoms with Gasteiger partial charge in [0.25, 0.3) is 5.91 Å². The standard InChI is InChI=1S/C21H33N3O3S/c1-17(20(25)23-11-5-6-12-23)22-13-15-24(16-14-22)28(26,27)19-9-7-18(8-10-19)21(2,3)4/h7-10,17H,5-6,11-16H2,1-4H3/p+1/t17-/m1/s1. The lowest BCUT2D eigenvalue weighted by Crippen LogP contribution is -3.19. The van der Waals surface area contributed by atoms with Gasteiger partial charge in [0.1, 0.15) is 0 Å². The number of benzene rings is 1. The number of quaternary nitrogens is 1. The second-order valence-corrected chi connectivity index (χ2v) is 11.0. The van der Waals surface area contributed by atoms with Gasteiger partial charge in [0.2, 0.25) is 10.0 Å². The quantitative estimate of drug-likeness (QED) is 0.805. The average Bonchev–Trinajstić information content (AvgIpc) is 3.21. The predicted octanol–water partition coefficient (Wildman–Crippen LogP) is 0.884. The Labute approximate surface area is 169 Å². The van der Waals surface area contributed by atoms with Gasteiger partial charge in [0.15, 0.2) is 6.04 Å². The zero-order chi connectivity index (χ0) is 20.5. The molecule has 0 aliphatic carbocycles. The molecular weight excluding hydrogens is 374 g/mol. The van der Waals surface area contributed by atoms with Crippen molar-refractivity contribution in [1.29, 1.82) is 0 Å². The Balaban J connectivity index is 1.62. The van der Waals surface area contributed by atoms with E-state index in [1.165, 1.54) is 4.90 Å². The molecule has 1 atom stereocenters. The highest BCUT2D eigenvalue weighted by Gasteiger charge is 2.36. The Morgan fingerprint density at radius 1 is 1.00 bits per heavy atom. The van der Waals surface area contributed by atoms with Crippen LogP contribution in [0.5, 0.6) is 0 Å². The van der Waals surface area contributed by atoms with Gasteiger partial charge in [0.05, 0.1) is 31.1 Å². The van der Waals surface area contributed by atoms with E-state index in [4.69, 9.17) is 0 Å². The molecule has 2 saturated heterocycles. The molecule has 2 fully saturated rings. The first kappa shape index (κ1) is 21.3. The number of likely N-dealkylation sites (tertiary alicyclic amines) is 1. The molecular formula is C21H34N3O3S+. The molecule has 1 aromatic rings. The second kappa shape index (κ2) is 8.13. The minimum atomic E-state index is -3.48. The normalized spacial score (nSPS) is 21.1. The highest BCUT2D eigenvalue weighted by Crippen LogP contribution is 2.24. The van der Waals surface area contributed by atoms with E-state index in [-0.39, 0.29) is 17.4 Å². The Hall–Kier alpha value is -1.44. The Kier molecular flexibility index (Phi) is 6.17. The lowest BCUT2D eigenvalue weighted by molar-refractivity contribution is -0.918. The Morgan fingerprint density at radius 3 is 2.04 bits per heavy atom. The topological polar surface area (TPSA) is 62.1 Å². The summed E-state index contributed by atoms with van der Waals surface area (Å²) in [6, 6.07) is 7.15. The van der Waals surface area contributed by atoms with Crippen molar-refractivity contribution in [3.63, 3.8) is 0 Å². The fraction of sp³-hybridized carbons (Fsp3) is 0.667. The maximum absolute atomic E-state index is 13.0. The first-order valence-corrected chi connectivity index (χ1v) is 11.8. The van der Waals surface area contributed by atoms with Crippen LogP contribution in [0.4, 0.5) is 0 Å². The maximum atomic E-state index is 13.0. The van der Waals surface area contributed by atoms with Crippen molar-refractivity contribution in [3.8, 4) is 0 Å². The molecule has 0 radical (unpaired) electrons. The number of nitrogens with zero attached hydrogens (tertiary/aromatic N) is 2. The highest BCUT2D eigenvalue weighted by atomic mass is 32.2. The van der Waals surface area contributed by atoms with Gasteiger partial charge in [-0.25, -0.2) is 8.42 Å². The third kappa shape index (κ3) is 4.42. The fourth-order valence-corrected chi connectivity index (χ4v) is 5.55. The van der Waals surface area contributed by atoms with E-state index in [2.05, 4.69) is 20.8 Å². The molecule has 6 nitrogen and oxygen atoms in total. The summed E-state index contributed by atoms with van der Waals surface area (Å²) in [4.78, 5) is 16.1. The van der Waals surface area contributed by atoms with Crippen LogP contribution in [0.15, 0.2) is 29.2 Å². The predicted molar refractivity (Wildman–Crippen MR) is 110 cm³/mol. The molecule has 3 rings (SSSR count). The number of hydrogen-bond acceptors (Lipinski definition) is 3. The summed E-state index contributed by atoms with van der Waals surface area (Å²) in [5.41, 5.74) is 1.12. The molecule has 2 aliphatic heterocycles. The lowest BCUT2D eigenvalue weighted by Gasteiger charge is -2.35. The average molecular weight is 409 g/mol. The smallest absolute Gasteiger partial charge is 0.280 e. The number of hydrogen-bond donors (Lipinski definition) is 1. The first-order chi connectivity index (χ1) is 13.1. The van der Waals surface area contributed by atoms with Crippen molar-refractivity contribution < 1.29 is 18.1 Å². The number of sulfonamides is 1. The molecule has 0 saturated carbocycles. The molecule has 0 spiro atoms. The van der Waals surface area contributed by atoms with Crippen molar-refractivity contribution in [1.82, 2.24) is 9.21 Å². The molecule has 7 heteroatoms. The molecule has 2 aliphatic rings. The number of amides is 1. The zero-order valence-electron chi connectivity index (χ0n) is 17.6. The van der Waals surface area contributed by atoms with Crippen LogP contribution < -0.4 is 4.90 Å². The van der Waals surface area contributed by atoms with E-state index in [9.17, 15) is 13.2 Å². The van der Waals surface area contributed by atoms with Gasteiger partial charge in [-0.1, -0.05) is 32.9 Å². The number of carbonyl (C=O) groups excluding carboxylic acids is 1. The number of rotatable bonds is 4. The monoisotopic (exact) mass is 408 g/mol. The second-order valence-electron chi connectivity index (χ2n) is 9.09. The van der Waals surface area contributed by atoms with E-state index in [0.29, 0.717) is 31.1 Å². The van der Waals surface area contributed by atoms with Crippen LogP contribution in [-0.2, 0) is 20.2 Å². The van der Waals surface area contributed by atoms with E-state index in [0.717, 1.165) is 31.5 Å². The minimum Gasteiger partial charge on any atom is -0.338 e. The van der Waals surface area contributed by atoms with E-state index in [1.807, 2.05) is 24.0 Å². The van der Waals surface area contributed by atoms with Crippen LogP contribution in [0, 0.1) is 0 Å². The third-order valence-corrected chi connectivity index (χ3v) is 8.04. The zero-order valence-corrected chi connectivity index (χ0v) is 18.4. The van der Waals surface area contributed by atoms with E-state index >= 15 is 0 Å². The van der Waals surface area contributed by atoms with Crippen LogP contribution in [0.2, 0.25) is 0 Å². The van der Waals surface area contributed by atoms with Crippen LogP contribution in [0.3, 0.4) is 0 Å². The summed E-state index contributed by atoms with van der Waals surface area (Å²) in [7, 11) is -3.48. The molecule has 2 heterocycles. The van der Waals surface area contributed by atoms with Crippen LogP contribution in [-0.4, -0.2) is 68.8 Å². The summed E-state index contributed by atoms with van der Waals surface area (Å²) >= 11 is 0. The molecule has 0 unspecified atom stereocenters. The molecule has 156 valence electrons. The van der Waals surface area contributed by atoms with Gasteiger partial charge in [-0.2, -0.15) is 4.31 Å². The third-order valence-electron chi connectivity index (χ3n) is 6.12. The van der Waals surface area contributed by atoms with Crippen molar-refractivity contribution in [2.75, 3.05) is 39.3 Å². The minimum absolute atomic E-state index is 0.00467. The summed E-state index contributed by atoms with van der Waals surface area (Å²) in [5, 5.41) is 0. The first-order valence-electron chi connectivity index (χ1n) is 10.3. The summed E-state index contributed by atoms with van der Waals surface area (Å²) in [5.74, 6) is 0.210. The Bertz CT molecular complexity index is 785. The van der Waals surface area contributed by atoms with E-state index < -0.39 is 10.0 Å². The van der Waals surface area contributed by atoms with Crippen molar-refractivity contribution in [2.45, 2.75) is 56.9 Å². The fourth-order valence-electron chi connectivity index (χ4n) is 4.11. The van der Waals surface area contributed by atoms with Crippen molar-refractivity contribution in [2.24, 2.45) is 0 Å². The van der Waals surface area contributed by atoms with Gasteiger partial charge >= 0.3 is 0 Å². The van der Waals surface area contributed by atoms with E-state index in [1.54, 1.807) is 16.4 Å². The van der Waals surface area contributed by atoms with Gasteiger partial charge in [-0.15, -0.1) is 0 Å². The SMILES string of the molecule is C[C@H](C(=O)N1CCCC1)[NH+]1CCN(S(=O)(=O)c2ccc(C(C)(C)C)cc2)CC1. The van der Waals surface area contributed by atoms with Gasteiger partial charge in [-0.05, 0) is 42.9 Å². The number of carbonyl (C=O) groups is 1. The molecule has 0 aromatic heterocycles. The maximum Gasteiger partial charge on any atom is 0.280 e. The van der Waals surface area contributed by atoms with Gasteiger partial charge < -0.3 is 9.80 Å². The molecule has 1 amide bonds. The van der Waals surface area contributed by atoms with Crippen LogP contribution in [0.25, 0.3) is 0 Å². The van der Waals surface area contributed by atoms with Crippen molar-refractivity contribution in [3.05, 3.63) is 29.8 Å².